The molecule has 5 rings (SSSR count). The quantitative estimate of drug-likeness (QED) is 0.454. The van der Waals surface area contributed by atoms with Gasteiger partial charge in [0.25, 0.3) is 0 Å². The van der Waals surface area contributed by atoms with Crippen LogP contribution in [0.2, 0.25) is 0 Å². The molecule has 1 saturated heterocycles. The molecule has 0 radical (unpaired) electrons. The first-order valence-corrected chi connectivity index (χ1v) is 10.7. The van der Waals surface area contributed by atoms with E-state index in [4.69, 9.17) is 9.72 Å². The van der Waals surface area contributed by atoms with Crippen LogP contribution in [0.5, 0.6) is 0 Å². The van der Waals surface area contributed by atoms with Gasteiger partial charge in [-0.15, -0.1) is 0 Å². The van der Waals surface area contributed by atoms with E-state index in [1.165, 1.54) is 16.7 Å². The second-order valence-corrected chi connectivity index (χ2v) is 8.04. The summed E-state index contributed by atoms with van der Waals surface area (Å²) in [7, 11) is 0. The molecule has 2 N–H and O–H groups in total. The maximum atomic E-state index is 12.2. The average Bonchev–Trinajstić information content (AvgIpc) is 3.48. The van der Waals surface area contributed by atoms with Gasteiger partial charge in [-0.3, -0.25) is 4.79 Å². The average molecular weight is 412 g/mol. The number of carbonyl (C=O) groups is 1. The molecule has 1 aliphatic heterocycles. The van der Waals surface area contributed by atoms with Crippen LogP contribution < -0.4 is 5.32 Å². The molecule has 0 saturated carbocycles. The number of imidazole rings is 1. The number of fused-ring (bicyclic) bond motifs is 1. The highest BCUT2D eigenvalue weighted by atomic mass is 16.5. The van der Waals surface area contributed by atoms with Crippen molar-refractivity contribution in [3.8, 4) is 22.5 Å². The Bertz CT molecular complexity index is 1220. The maximum absolute atomic E-state index is 12.2. The van der Waals surface area contributed by atoms with Crippen molar-refractivity contribution in [1.82, 2.24) is 15.3 Å². The smallest absolute Gasteiger partial charge is 0.323 e. The second kappa shape index (κ2) is 8.36. The van der Waals surface area contributed by atoms with Gasteiger partial charge < -0.3 is 15.0 Å². The number of ether oxygens (including phenoxy) is 1. The molecule has 1 aromatic heterocycles. The summed E-state index contributed by atoms with van der Waals surface area (Å²) in [4.78, 5) is 20.4. The number of nitrogens with one attached hydrogen (secondary N) is 2. The summed E-state index contributed by atoms with van der Waals surface area (Å²) in [5, 5.41) is 3.17. The molecule has 2 heterocycles. The summed E-state index contributed by atoms with van der Waals surface area (Å²) in [6, 6.07) is 22.5. The highest BCUT2D eigenvalue weighted by molar-refractivity contribution is 5.83. The highest BCUT2D eigenvalue weighted by Gasteiger charge is 2.23. The molecular weight excluding hydrogens is 386 g/mol. The number of benzene rings is 3. The van der Waals surface area contributed by atoms with Crippen LogP contribution in [0, 0.1) is 6.92 Å². The van der Waals surface area contributed by atoms with E-state index < -0.39 is 0 Å². The van der Waals surface area contributed by atoms with Crippen molar-refractivity contribution >= 4 is 17.0 Å². The van der Waals surface area contributed by atoms with Crippen molar-refractivity contribution < 1.29 is 9.53 Å². The van der Waals surface area contributed by atoms with E-state index in [1.807, 2.05) is 24.3 Å². The standard InChI is InChI=1S/C26H25N3O2/c1-17-20(19-7-3-2-4-8-19)9-5-10-21(17)25-28-22-13-12-18(15-24(22)29-25)16-31-26(30)23-11-6-14-27-23/h2-5,7-10,12-13,15,23,27H,6,11,14,16H2,1H3,(H,28,29)/t23-/m1/s1. The number of nitrogens with zero attached hydrogens (tertiary/aromatic N) is 1. The van der Waals surface area contributed by atoms with Gasteiger partial charge in [-0.25, -0.2) is 4.98 Å². The summed E-state index contributed by atoms with van der Waals surface area (Å²) in [6.45, 7) is 3.28. The number of hydrogen-bond donors (Lipinski definition) is 2. The minimum atomic E-state index is -0.170. The first-order valence-electron chi connectivity index (χ1n) is 10.7. The zero-order valence-corrected chi connectivity index (χ0v) is 17.5. The van der Waals surface area contributed by atoms with Crippen LogP contribution >= 0.6 is 0 Å². The van der Waals surface area contributed by atoms with E-state index in [2.05, 4.69) is 59.7 Å². The Morgan fingerprint density at radius 3 is 2.71 bits per heavy atom. The maximum Gasteiger partial charge on any atom is 0.323 e. The third-order valence-corrected chi connectivity index (χ3v) is 5.95. The minimum absolute atomic E-state index is 0.164. The fourth-order valence-corrected chi connectivity index (χ4v) is 4.24. The van der Waals surface area contributed by atoms with Crippen molar-refractivity contribution in [1.29, 1.82) is 0 Å². The Morgan fingerprint density at radius 1 is 1.06 bits per heavy atom. The zero-order valence-electron chi connectivity index (χ0n) is 17.5. The molecule has 1 atom stereocenters. The van der Waals surface area contributed by atoms with Crippen molar-refractivity contribution in [2.45, 2.75) is 32.4 Å². The molecule has 0 unspecified atom stereocenters. The van der Waals surface area contributed by atoms with Gasteiger partial charge in [0.15, 0.2) is 0 Å². The number of rotatable bonds is 5. The molecule has 4 aromatic rings. The zero-order chi connectivity index (χ0) is 21.2. The van der Waals surface area contributed by atoms with Crippen molar-refractivity contribution in [2.75, 3.05) is 6.54 Å². The van der Waals surface area contributed by atoms with E-state index in [0.717, 1.165) is 47.4 Å². The molecule has 31 heavy (non-hydrogen) atoms. The predicted octanol–water partition coefficient (Wildman–Crippen LogP) is 5.00. The van der Waals surface area contributed by atoms with E-state index in [1.54, 1.807) is 0 Å². The Morgan fingerprint density at radius 2 is 1.90 bits per heavy atom. The van der Waals surface area contributed by atoms with Gasteiger partial charge in [-0.2, -0.15) is 0 Å². The first-order chi connectivity index (χ1) is 15.2. The lowest BCUT2D eigenvalue weighted by Gasteiger charge is -2.10. The van der Waals surface area contributed by atoms with Crippen LogP contribution in [-0.2, 0) is 16.1 Å². The monoisotopic (exact) mass is 411 g/mol. The Hall–Kier alpha value is -3.44. The minimum Gasteiger partial charge on any atom is -0.460 e. The molecule has 3 aromatic carbocycles. The van der Waals surface area contributed by atoms with Crippen LogP contribution in [0.1, 0.15) is 24.0 Å². The molecule has 1 aliphatic rings. The van der Waals surface area contributed by atoms with Crippen LogP contribution in [0.25, 0.3) is 33.5 Å². The van der Waals surface area contributed by atoms with Gasteiger partial charge >= 0.3 is 5.97 Å². The fourth-order valence-electron chi connectivity index (χ4n) is 4.24. The van der Waals surface area contributed by atoms with Crippen molar-refractivity contribution in [3.05, 3.63) is 77.9 Å². The van der Waals surface area contributed by atoms with Gasteiger partial charge in [0.05, 0.1) is 11.0 Å². The Labute approximate surface area is 181 Å². The molecule has 0 amide bonds. The summed E-state index contributed by atoms with van der Waals surface area (Å²) in [6.07, 6.45) is 1.87. The van der Waals surface area contributed by atoms with Gasteiger partial charge in [-0.05, 0) is 60.7 Å². The second-order valence-electron chi connectivity index (χ2n) is 8.04. The molecule has 0 aliphatic carbocycles. The van der Waals surface area contributed by atoms with Crippen molar-refractivity contribution in [3.63, 3.8) is 0 Å². The lowest BCUT2D eigenvalue weighted by atomic mass is 9.96. The van der Waals surface area contributed by atoms with E-state index in [9.17, 15) is 4.79 Å². The molecule has 5 heteroatoms. The Balaban J connectivity index is 1.40. The molecule has 0 spiro atoms. The van der Waals surface area contributed by atoms with Gasteiger partial charge in [0, 0.05) is 5.56 Å². The lowest BCUT2D eigenvalue weighted by molar-refractivity contribution is -0.147. The van der Waals surface area contributed by atoms with E-state index in [-0.39, 0.29) is 18.6 Å². The summed E-state index contributed by atoms with van der Waals surface area (Å²) in [5.74, 6) is 0.672. The summed E-state index contributed by atoms with van der Waals surface area (Å²) >= 11 is 0. The van der Waals surface area contributed by atoms with Crippen LogP contribution in [0.3, 0.4) is 0 Å². The van der Waals surface area contributed by atoms with Gasteiger partial charge in [0.1, 0.15) is 18.5 Å². The molecule has 1 fully saturated rings. The van der Waals surface area contributed by atoms with Gasteiger partial charge in [-0.1, -0.05) is 54.6 Å². The largest absolute Gasteiger partial charge is 0.460 e. The number of aromatic amines is 1. The van der Waals surface area contributed by atoms with Crippen LogP contribution in [0.4, 0.5) is 0 Å². The number of H-pyrrole nitrogens is 1. The highest BCUT2D eigenvalue weighted by Crippen LogP contribution is 2.31. The number of aromatic nitrogens is 2. The summed E-state index contributed by atoms with van der Waals surface area (Å²) < 4.78 is 5.50. The van der Waals surface area contributed by atoms with Crippen LogP contribution in [-0.4, -0.2) is 28.5 Å². The molecular formula is C26H25N3O2. The van der Waals surface area contributed by atoms with Crippen LogP contribution in [0.15, 0.2) is 66.7 Å². The van der Waals surface area contributed by atoms with Gasteiger partial charge in [0.2, 0.25) is 0 Å². The first kappa shape index (κ1) is 19.5. The van der Waals surface area contributed by atoms with Crippen molar-refractivity contribution in [2.24, 2.45) is 0 Å². The number of hydrogen-bond acceptors (Lipinski definition) is 4. The van der Waals surface area contributed by atoms with E-state index >= 15 is 0 Å². The van der Waals surface area contributed by atoms with E-state index in [0.29, 0.717) is 0 Å². The molecule has 0 bridgehead atoms. The normalized spacial score (nSPS) is 16.0. The lowest BCUT2D eigenvalue weighted by Crippen LogP contribution is -2.32. The third kappa shape index (κ3) is 3.97. The topological polar surface area (TPSA) is 67.0 Å². The predicted molar refractivity (Wildman–Crippen MR) is 123 cm³/mol. The SMILES string of the molecule is Cc1c(-c2ccccc2)cccc1-c1nc2ccc(COC(=O)[C@H]3CCCN3)cc2[nH]1. The summed E-state index contributed by atoms with van der Waals surface area (Å²) in [5.41, 5.74) is 7.44. The number of esters is 1. The number of carbonyl (C=O) groups excluding carboxylic acids is 1. The fraction of sp³-hybridized carbons (Fsp3) is 0.231. The molecule has 5 nitrogen and oxygen atoms in total. The third-order valence-electron chi connectivity index (χ3n) is 5.95. The Kier molecular flexibility index (Phi) is 5.26. The molecule has 156 valence electrons.